The van der Waals surface area contributed by atoms with Crippen LogP contribution < -0.4 is 69.3 Å². The molecule has 0 bridgehead atoms. The predicted octanol–water partition coefficient (Wildman–Crippen LogP) is -6.70. The molecular formula is C9H12Na2O4S. The molecule has 0 spiro atoms. The maximum Gasteiger partial charge on any atom is 1.00 e. The summed E-state index contributed by atoms with van der Waals surface area (Å²) in [7, 11) is 0. The van der Waals surface area contributed by atoms with Crippen LogP contribution in [0, 0.1) is 0 Å². The van der Waals surface area contributed by atoms with Gasteiger partial charge in [-0.1, -0.05) is 20.8 Å². The molecule has 4 nitrogen and oxygen atoms in total. The van der Waals surface area contributed by atoms with Crippen molar-refractivity contribution >= 4 is 23.7 Å². The fourth-order valence-corrected chi connectivity index (χ4v) is 1.81. The van der Waals surface area contributed by atoms with Gasteiger partial charge in [0.15, 0.2) is 0 Å². The van der Waals surface area contributed by atoms with Gasteiger partial charge >= 0.3 is 59.1 Å². The normalized spacial score (nSPS) is 11.0. The molecule has 0 saturated carbocycles. The first-order valence-corrected chi connectivity index (χ1v) is 5.10. The minimum atomic E-state index is -1.45. The number of hydrogen-bond donors (Lipinski definition) is 0. The molecule has 0 heterocycles. The molecule has 80 valence electrons. The Morgan fingerprint density at radius 3 is 1.75 bits per heavy atom. The van der Waals surface area contributed by atoms with Gasteiger partial charge < -0.3 is 19.8 Å². The molecule has 16 heavy (non-hydrogen) atoms. The molecule has 0 aromatic carbocycles. The van der Waals surface area contributed by atoms with Crippen LogP contribution in [0.15, 0.2) is 10.5 Å². The third kappa shape index (κ3) is 8.17. The maximum atomic E-state index is 10.7. The number of carboxylic acid groups (broad SMARTS) is 2. The van der Waals surface area contributed by atoms with E-state index in [1.54, 1.807) is 20.8 Å². The molecule has 0 amide bonds. The summed E-state index contributed by atoms with van der Waals surface area (Å²) >= 11 is 0.965. The summed E-state index contributed by atoms with van der Waals surface area (Å²) < 4.78 is 0. The summed E-state index contributed by atoms with van der Waals surface area (Å²) in [6.07, 6.45) is 0.116. The number of carbonyl (C=O) groups is 2. The zero-order valence-electron chi connectivity index (χ0n) is 10.3. The average Bonchev–Trinajstić information content (AvgIpc) is 2.02. The quantitative estimate of drug-likeness (QED) is 0.363. The standard InChI is InChI=1S/C9H14O4S.2Na/c1-4-6(8(10)11)7(9(12)13)14-5(2)3;;/h5H,4H2,1-3H3,(H,10,11)(H,12,13);;/q;2*+1/p-2/b7-6+;;. The molecule has 0 radical (unpaired) electrons. The van der Waals surface area contributed by atoms with Crippen LogP contribution >= 0.6 is 11.8 Å². The number of thioether (sulfide) groups is 1. The molecule has 0 rings (SSSR count). The first kappa shape index (κ1) is 22.2. The van der Waals surface area contributed by atoms with Gasteiger partial charge in [-0.05, 0) is 12.0 Å². The maximum absolute atomic E-state index is 10.7. The molecule has 0 aliphatic carbocycles. The summed E-state index contributed by atoms with van der Waals surface area (Å²) in [5.41, 5.74) is -0.205. The molecule has 7 heteroatoms. The number of carboxylic acids is 2. The number of rotatable bonds is 5. The van der Waals surface area contributed by atoms with E-state index in [1.165, 1.54) is 0 Å². The van der Waals surface area contributed by atoms with Gasteiger partial charge in [0.2, 0.25) is 0 Å². The minimum absolute atomic E-state index is 0. The molecule has 0 aromatic rings. The minimum Gasteiger partial charge on any atom is -0.545 e. The van der Waals surface area contributed by atoms with Gasteiger partial charge in [0, 0.05) is 10.2 Å². The summed E-state index contributed by atoms with van der Waals surface area (Å²) in [6.45, 7) is 5.11. The Bertz CT molecular complexity index is 277. The number of hydrogen-bond acceptors (Lipinski definition) is 5. The second-order valence-corrected chi connectivity index (χ2v) is 4.49. The summed E-state index contributed by atoms with van der Waals surface area (Å²) in [6, 6.07) is 0. The SMILES string of the molecule is CC/C(C(=O)[O-])=C(\SC(C)C)C(=O)[O-].[Na+].[Na+]. The van der Waals surface area contributed by atoms with Gasteiger partial charge in [-0.2, -0.15) is 0 Å². The van der Waals surface area contributed by atoms with Crippen LogP contribution in [0.25, 0.3) is 0 Å². The van der Waals surface area contributed by atoms with Crippen LogP contribution in [-0.2, 0) is 9.59 Å². The van der Waals surface area contributed by atoms with Crippen molar-refractivity contribution in [1.29, 1.82) is 0 Å². The Kier molecular flexibility index (Phi) is 15.5. The van der Waals surface area contributed by atoms with E-state index >= 15 is 0 Å². The fraction of sp³-hybridized carbons (Fsp3) is 0.556. The van der Waals surface area contributed by atoms with Crippen molar-refractivity contribution in [3.05, 3.63) is 10.5 Å². The molecule has 0 atom stereocenters. The van der Waals surface area contributed by atoms with E-state index in [0.29, 0.717) is 0 Å². The summed E-state index contributed by atoms with van der Waals surface area (Å²) in [4.78, 5) is 21.0. The first-order chi connectivity index (χ1) is 6.40. The summed E-state index contributed by atoms with van der Waals surface area (Å²) in [5.74, 6) is -2.90. The van der Waals surface area contributed by atoms with Gasteiger partial charge in [-0.3, -0.25) is 0 Å². The van der Waals surface area contributed by atoms with Gasteiger partial charge in [0.1, 0.15) is 0 Å². The van der Waals surface area contributed by atoms with Crippen molar-refractivity contribution in [3.63, 3.8) is 0 Å². The van der Waals surface area contributed by atoms with Crippen molar-refractivity contribution in [2.24, 2.45) is 0 Å². The van der Waals surface area contributed by atoms with E-state index < -0.39 is 11.9 Å². The van der Waals surface area contributed by atoms with Crippen LogP contribution in [0.4, 0.5) is 0 Å². The van der Waals surface area contributed by atoms with Crippen LogP contribution in [0.3, 0.4) is 0 Å². The van der Waals surface area contributed by atoms with E-state index in [4.69, 9.17) is 0 Å². The Balaban J connectivity index is -0.000000845. The van der Waals surface area contributed by atoms with E-state index in [2.05, 4.69) is 0 Å². The molecule has 0 fully saturated rings. The Hall–Kier alpha value is 1.03. The van der Waals surface area contributed by atoms with Gasteiger partial charge in [-0.15, -0.1) is 11.8 Å². The third-order valence-corrected chi connectivity index (χ3v) is 2.53. The largest absolute Gasteiger partial charge is 1.00 e. The second kappa shape index (κ2) is 11.1. The molecule has 0 N–H and O–H groups in total. The van der Waals surface area contributed by atoms with Crippen molar-refractivity contribution in [2.75, 3.05) is 0 Å². The zero-order valence-corrected chi connectivity index (χ0v) is 15.1. The third-order valence-electron chi connectivity index (χ3n) is 1.41. The number of aliphatic carboxylic acids is 2. The van der Waals surface area contributed by atoms with E-state index in [-0.39, 0.29) is 81.3 Å². The molecule has 0 saturated heterocycles. The molecular weight excluding hydrogens is 250 g/mol. The Morgan fingerprint density at radius 1 is 1.12 bits per heavy atom. The van der Waals surface area contributed by atoms with Gasteiger partial charge in [-0.25, -0.2) is 0 Å². The van der Waals surface area contributed by atoms with Crippen LogP contribution in [0.2, 0.25) is 0 Å². The first-order valence-electron chi connectivity index (χ1n) is 4.22. The smallest absolute Gasteiger partial charge is 0.545 e. The van der Waals surface area contributed by atoms with Crippen molar-refractivity contribution in [1.82, 2.24) is 0 Å². The fourth-order valence-electron chi connectivity index (χ4n) is 0.876. The Labute approximate surface area is 144 Å². The predicted molar refractivity (Wildman–Crippen MR) is 50.1 cm³/mol. The molecule has 0 aliphatic rings. The van der Waals surface area contributed by atoms with Crippen molar-refractivity contribution in [2.45, 2.75) is 32.4 Å². The molecule has 0 aromatic heterocycles. The number of carbonyl (C=O) groups excluding carboxylic acids is 2. The van der Waals surface area contributed by atoms with Crippen LogP contribution in [0.5, 0.6) is 0 Å². The van der Waals surface area contributed by atoms with Crippen molar-refractivity contribution < 1.29 is 78.9 Å². The van der Waals surface area contributed by atoms with Gasteiger partial charge in [0.25, 0.3) is 0 Å². The summed E-state index contributed by atoms with van der Waals surface area (Å²) in [5, 5.41) is 21.2. The zero-order chi connectivity index (χ0) is 11.3. The van der Waals surface area contributed by atoms with E-state index in [1.807, 2.05) is 0 Å². The van der Waals surface area contributed by atoms with Gasteiger partial charge in [0.05, 0.1) is 11.9 Å². The Morgan fingerprint density at radius 2 is 1.56 bits per heavy atom. The second-order valence-electron chi connectivity index (χ2n) is 2.90. The molecule has 0 aliphatic heterocycles. The van der Waals surface area contributed by atoms with E-state index in [0.717, 1.165) is 11.8 Å². The van der Waals surface area contributed by atoms with E-state index in [9.17, 15) is 19.8 Å². The molecule has 0 unspecified atom stereocenters. The van der Waals surface area contributed by atoms with Crippen LogP contribution in [-0.4, -0.2) is 17.2 Å². The van der Waals surface area contributed by atoms with Crippen molar-refractivity contribution in [3.8, 4) is 0 Å². The topological polar surface area (TPSA) is 80.3 Å². The monoisotopic (exact) mass is 262 g/mol. The average molecular weight is 262 g/mol. The van der Waals surface area contributed by atoms with Crippen LogP contribution in [0.1, 0.15) is 27.2 Å².